The van der Waals surface area contributed by atoms with Crippen LogP contribution in [0.1, 0.15) is 43.9 Å². The largest absolute Gasteiger partial charge is 0.573 e. The molecule has 0 bridgehead atoms. The van der Waals surface area contributed by atoms with Crippen molar-refractivity contribution in [1.29, 1.82) is 0 Å². The number of aliphatic imine (C=N–C) groups is 1. The molecule has 0 radical (unpaired) electrons. The highest BCUT2D eigenvalue weighted by molar-refractivity contribution is 8.14. The average Bonchev–Trinajstić information content (AvgIpc) is 3.50. The Morgan fingerprint density at radius 2 is 1.81 bits per heavy atom. The number of urea groups is 1. The van der Waals surface area contributed by atoms with E-state index in [2.05, 4.69) is 49.1 Å². The Balaban J connectivity index is 1.26. The highest BCUT2D eigenvalue weighted by Gasteiger charge is 2.31. The lowest BCUT2D eigenvalue weighted by Gasteiger charge is -2.31. The van der Waals surface area contributed by atoms with Crippen molar-refractivity contribution in [3.05, 3.63) is 90.3 Å². The number of carbonyl (C=O) groups is 1. The number of aromatic nitrogens is 3. The van der Waals surface area contributed by atoms with Crippen LogP contribution in [0.25, 0.3) is 17.1 Å². The number of aryl methyl sites for hydroxylation is 1. The summed E-state index contributed by atoms with van der Waals surface area (Å²) >= 11 is 1.59. The topological polar surface area (TPSA) is 84.6 Å². The number of hydrogen-bond acceptors (Lipinski definition) is 5. The van der Waals surface area contributed by atoms with Crippen LogP contribution in [0.5, 0.6) is 5.75 Å². The van der Waals surface area contributed by atoms with Gasteiger partial charge < -0.3 is 15.0 Å². The van der Waals surface area contributed by atoms with Gasteiger partial charge in [0.15, 0.2) is 11.0 Å². The molecule has 5 rings (SSSR count). The summed E-state index contributed by atoms with van der Waals surface area (Å²) in [5.74, 6) is 1.05. The monoisotopic (exact) mass is 608 g/mol. The van der Waals surface area contributed by atoms with E-state index in [0.717, 1.165) is 42.0 Å². The van der Waals surface area contributed by atoms with Crippen molar-refractivity contribution in [3.8, 4) is 22.8 Å². The number of rotatable bonds is 8. The Bertz CT molecular complexity index is 1570. The zero-order valence-corrected chi connectivity index (χ0v) is 24.5. The minimum atomic E-state index is -4.75. The van der Waals surface area contributed by atoms with Gasteiger partial charge in [0.1, 0.15) is 12.1 Å². The molecular weight excluding hydrogens is 577 g/mol. The predicted molar refractivity (Wildman–Crippen MR) is 163 cm³/mol. The van der Waals surface area contributed by atoms with Crippen LogP contribution in [-0.2, 0) is 6.42 Å². The van der Waals surface area contributed by atoms with E-state index in [1.165, 1.54) is 40.8 Å². The van der Waals surface area contributed by atoms with E-state index in [1.807, 2.05) is 43.3 Å². The summed E-state index contributed by atoms with van der Waals surface area (Å²) in [5, 5.41) is 8.21. The van der Waals surface area contributed by atoms with Crippen LogP contribution >= 0.6 is 11.8 Å². The first-order valence-electron chi connectivity index (χ1n) is 14.0. The molecule has 0 aliphatic carbocycles. The zero-order valence-electron chi connectivity index (χ0n) is 23.7. The third-order valence-corrected chi connectivity index (χ3v) is 8.02. The Morgan fingerprint density at radius 1 is 1.07 bits per heavy atom. The minimum absolute atomic E-state index is 0.237. The van der Waals surface area contributed by atoms with Gasteiger partial charge in [-0.25, -0.2) is 14.5 Å². The minimum Gasteiger partial charge on any atom is -0.406 e. The number of carbonyl (C=O) groups excluding carboxylic acids is 1. The fraction of sp³-hybridized carbons (Fsp3) is 0.290. The average molecular weight is 609 g/mol. The molecular formula is C31H31F3N6O2S. The fourth-order valence-corrected chi connectivity index (χ4v) is 5.77. The molecule has 2 amide bonds. The predicted octanol–water partition coefficient (Wildman–Crippen LogP) is 7.56. The number of thioether (sulfide) groups is 1. The van der Waals surface area contributed by atoms with Gasteiger partial charge in [-0.2, -0.15) is 4.99 Å². The molecule has 1 aliphatic heterocycles. The molecule has 0 spiro atoms. The van der Waals surface area contributed by atoms with Gasteiger partial charge in [-0.1, -0.05) is 68.1 Å². The maximum atomic E-state index is 13.1. The number of alkyl halides is 3. The van der Waals surface area contributed by atoms with Gasteiger partial charge in [0.2, 0.25) is 0 Å². The normalized spacial score (nSPS) is 15.4. The van der Waals surface area contributed by atoms with Gasteiger partial charge in [-0.3, -0.25) is 0 Å². The van der Waals surface area contributed by atoms with Crippen LogP contribution in [0, 0.1) is 0 Å². The summed E-state index contributed by atoms with van der Waals surface area (Å²) in [6, 6.07) is 20.6. The van der Waals surface area contributed by atoms with Crippen LogP contribution in [0.15, 0.2) is 84.1 Å². The number of amidine groups is 1. The molecule has 224 valence electrons. The second kappa shape index (κ2) is 13.3. The maximum absolute atomic E-state index is 13.1. The summed E-state index contributed by atoms with van der Waals surface area (Å²) in [7, 11) is 0. The first-order chi connectivity index (χ1) is 20.7. The second-order valence-corrected chi connectivity index (χ2v) is 10.9. The number of anilines is 1. The number of para-hydroxylation sites is 1. The first kappa shape index (κ1) is 30.1. The van der Waals surface area contributed by atoms with E-state index < -0.39 is 6.36 Å². The molecule has 4 aromatic rings. The summed E-state index contributed by atoms with van der Waals surface area (Å²) in [4.78, 5) is 24.0. The van der Waals surface area contributed by atoms with Gasteiger partial charge in [0.05, 0.1) is 11.7 Å². The van der Waals surface area contributed by atoms with E-state index in [0.29, 0.717) is 23.1 Å². The summed E-state index contributed by atoms with van der Waals surface area (Å²) in [6.45, 7) is 4.94. The molecule has 12 heteroatoms. The SMILES string of the molecule is CCc1ccccc1N1CCCS/C1=N\C(=O)NC(CC)c1ccc(-c2ncn(-c3ccc(OC(F)(F)F)cc3)n2)cc1. The summed E-state index contributed by atoms with van der Waals surface area (Å²) in [5.41, 5.74) is 4.52. The highest BCUT2D eigenvalue weighted by Crippen LogP contribution is 2.29. The molecule has 1 atom stereocenters. The summed E-state index contributed by atoms with van der Waals surface area (Å²) < 4.78 is 42.7. The zero-order chi connectivity index (χ0) is 30.4. The van der Waals surface area contributed by atoms with Gasteiger partial charge in [0, 0.05) is 23.5 Å². The molecule has 1 N–H and O–H groups in total. The lowest BCUT2D eigenvalue weighted by molar-refractivity contribution is -0.274. The van der Waals surface area contributed by atoms with Crippen molar-refractivity contribution in [1.82, 2.24) is 20.1 Å². The van der Waals surface area contributed by atoms with Crippen LogP contribution in [-0.4, -0.2) is 44.6 Å². The van der Waals surface area contributed by atoms with Crippen molar-refractivity contribution in [2.75, 3.05) is 17.2 Å². The highest BCUT2D eigenvalue weighted by atomic mass is 32.2. The number of nitrogens with zero attached hydrogens (tertiary/aromatic N) is 5. The van der Waals surface area contributed by atoms with Crippen molar-refractivity contribution in [2.24, 2.45) is 4.99 Å². The smallest absolute Gasteiger partial charge is 0.406 e. The van der Waals surface area contributed by atoms with Crippen molar-refractivity contribution in [3.63, 3.8) is 0 Å². The third-order valence-electron chi connectivity index (χ3n) is 6.95. The Labute approximate surface area is 252 Å². The lowest BCUT2D eigenvalue weighted by Crippen LogP contribution is -2.36. The maximum Gasteiger partial charge on any atom is 0.573 e. The molecule has 1 fully saturated rings. The Morgan fingerprint density at radius 3 is 2.51 bits per heavy atom. The number of ether oxygens (including phenoxy) is 1. The standard InChI is InChI=1S/C31H31F3N6O2S/c1-3-21-8-5-6-9-27(21)39-18-7-19-43-30(39)37-29(41)36-26(4-2)22-10-12-23(13-11-22)28-35-20-40(38-28)24-14-16-25(17-15-24)42-31(32,33)34/h5-6,8-17,20,26H,3-4,7,18-19H2,1-2H3,(H,36,41)/b37-30-. The Kier molecular flexibility index (Phi) is 9.34. The number of nitrogens with one attached hydrogen (secondary N) is 1. The van der Waals surface area contributed by atoms with Crippen molar-refractivity contribution in [2.45, 2.75) is 45.5 Å². The van der Waals surface area contributed by atoms with Crippen molar-refractivity contribution < 1.29 is 22.7 Å². The van der Waals surface area contributed by atoms with Crippen LogP contribution < -0.4 is 15.0 Å². The molecule has 3 aromatic carbocycles. The van der Waals surface area contributed by atoms with Gasteiger partial charge >= 0.3 is 12.4 Å². The number of benzene rings is 3. The Hall–Kier alpha value is -4.32. The van der Waals surface area contributed by atoms with Gasteiger partial charge in [-0.05, 0) is 60.7 Å². The van der Waals surface area contributed by atoms with Gasteiger partial charge in [0.25, 0.3) is 0 Å². The summed E-state index contributed by atoms with van der Waals surface area (Å²) in [6.07, 6.45) is -0.675. The van der Waals surface area contributed by atoms with E-state index in [4.69, 9.17) is 0 Å². The van der Waals surface area contributed by atoms with Crippen LogP contribution in [0.3, 0.4) is 0 Å². The molecule has 1 saturated heterocycles. The molecule has 8 nitrogen and oxygen atoms in total. The van der Waals surface area contributed by atoms with E-state index in [1.54, 1.807) is 11.8 Å². The second-order valence-electron chi connectivity index (χ2n) is 9.82. The molecule has 43 heavy (non-hydrogen) atoms. The van der Waals surface area contributed by atoms with Crippen LogP contribution in [0.2, 0.25) is 0 Å². The fourth-order valence-electron chi connectivity index (χ4n) is 4.82. The van der Waals surface area contributed by atoms with Crippen LogP contribution in [0.4, 0.5) is 23.7 Å². The molecule has 0 saturated carbocycles. The first-order valence-corrected chi connectivity index (χ1v) is 15.0. The van der Waals surface area contributed by atoms with E-state index in [9.17, 15) is 18.0 Å². The number of halogens is 3. The van der Waals surface area contributed by atoms with Crippen molar-refractivity contribution >= 4 is 28.6 Å². The van der Waals surface area contributed by atoms with Gasteiger partial charge in [-0.15, -0.1) is 18.3 Å². The molecule has 1 aromatic heterocycles. The number of hydrogen-bond donors (Lipinski definition) is 1. The quantitative estimate of drug-likeness (QED) is 0.222. The molecule has 2 heterocycles. The molecule has 1 unspecified atom stereocenters. The number of amides is 2. The van der Waals surface area contributed by atoms with E-state index in [-0.39, 0.29) is 17.8 Å². The molecule has 1 aliphatic rings. The third kappa shape index (κ3) is 7.56. The van der Waals surface area contributed by atoms with E-state index >= 15 is 0 Å². The lowest BCUT2D eigenvalue weighted by atomic mass is 10.0.